The molecule has 5 heteroatoms. The van der Waals surface area contributed by atoms with Crippen LogP contribution >= 0.6 is 0 Å². The first kappa shape index (κ1) is 13.8. The maximum atomic E-state index is 11.6. The van der Waals surface area contributed by atoms with Crippen molar-refractivity contribution in [2.75, 3.05) is 18.4 Å². The lowest BCUT2D eigenvalue weighted by molar-refractivity contribution is 0.100. The van der Waals surface area contributed by atoms with Crippen molar-refractivity contribution in [2.24, 2.45) is 5.73 Å². The van der Waals surface area contributed by atoms with Crippen LogP contribution in [0.3, 0.4) is 0 Å². The van der Waals surface area contributed by atoms with Crippen LogP contribution in [0.1, 0.15) is 28.9 Å². The molecule has 1 aliphatic rings. The number of primary amides is 1. The second kappa shape index (κ2) is 5.69. The lowest BCUT2D eigenvalue weighted by Gasteiger charge is -2.25. The van der Waals surface area contributed by atoms with E-state index in [0.29, 0.717) is 17.1 Å². The first-order valence-corrected chi connectivity index (χ1v) is 7.32. The molecule has 0 atom stereocenters. The number of rotatable bonds is 3. The van der Waals surface area contributed by atoms with Crippen molar-refractivity contribution in [2.45, 2.75) is 25.8 Å². The van der Waals surface area contributed by atoms with Crippen LogP contribution in [-0.4, -0.2) is 30.0 Å². The van der Waals surface area contributed by atoms with Crippen molar-refractivity contribution < 1.29 is 4.79 Å². The number of carbonyl (C=O) groups is 1. The fourth-order valence-electron chi connectivity index (χ4n) is 2.83. The highest BCUT2D eigenvalue weighted by Crippen LogP contribution is 2.27. The number of amides is 1. The number of nitrogens with one attached hydrogen (secondary N) is 2. The van der Waals surface area contributed by atoms with E-state index in [1.165, 1.54) is 0 Å². The summed E-state index contributed by atoms with van der Waals surface area (Å²) in [6.45, 7) is 3.98. The molecule has 1 fully saturated rings. The van der Waals surface area contributed by atoms with Gasteiger partial charge >= 0.3 is 0 Å². The second-order valence-corrected chi connectivity index (χ2v) is 5.54. The molecule has 2 aromatic rings. The number of nitrogens with two attached hydrogens (primary N) is 1. The average molecular weight is 284 g/mol. The van der Waals surface area contributed by atoms with E-state index < -0.39 is 5.91 Å². The van der Waals surface area contributed by atoms with Crippen LogP contribution in [0.15, 0.2) is 24.3 Å². The third-order valence-corrected chi connectivity index (χ3v) is 3.96. The van der Waals surface area contributed by atoms with Gasteiger partial charge in [0.1, 0.15) is 0 Å². The van der Waals surface area contributed by atoms with Crippen molar-refractivity contribution >= 4 is 22.5 Å². The molecule has 1 aromatic heterocycles. The van der Waals surface area contributed by atoms with Crippen molar-refractivity contribution in [1.29, 1.82) is 0 Å². The lowest BCUT2D eigenvalue weighted by atomic mass is 10.0. The van der Waals surface area contributed by atoms with Crippen LogP contribution in [0.2, 0.25) is 0 Å². The van der Waals surface area contributed by atoms with Crippen molar-refractivity contribution in [3.8, 4) is 0 Å². The Kier molecular flexibility index (Phi) is 3.75. The Morgan fingerprint density at radius 3 is 2.76 bits per heavy atom. The minimum Gasteiger partial charge on any atom is -0.382 e. The fraction of sp³-hybridized carbons (Fsp3) is 0.375. The summed E-state index contributed by atoms with van der Waals surface area (Å²) in [6.07, 6.45) is 2.19. The van der Waals surface area contributed by atoms with Crippen LogP contribution in [-0.2, 0) is 0 Å². The number of aryl methyl sites for hydroxylation is 1. The van der Waals surface area contributed by atoms with E-state index >= 15 is 0 Å². The highest BCUT2D eigenvalue weighted by Gasteiger charge is 2.16. The maximum Gasteiger partial charge on any atom is 0.250 e. The van der Waals surface area contributed by atoms with Gasteiger partial charge in [-0.05, 0) is 57.1 Å². The molecule has 3 rings (SSSR count). The highest BCUT2D eigenvalue weighted by molar-refractivity contribution is 6.08. The van der Waals surface area contributed by atoms with Gasteiger partial charge in [-0.25, -0.2) is 0 Å². The number of piperidine rings is 1. The molecular weight excluding hydrogens is 264 g/mol. The molecule has 110 valence electrons. The van der Waals surface area contributed by atoms with Crippen LogP contribution in [0.25, 0.3) is 10.9 Å². The molecule has 1 aliphatic heterocycles. The van der Waals surface area contributed by atoms with E-state index in [2.05, 4.69) is 15.6 Å². The quantitative estimate of drug-likeness (QED) is 0.803. The van der Waals surface area contributed by atoms with Crippen LogP contribution in [0.5, 0.6) is 0 Å². The summed E-state index contributed by atoms with van der Waals surface area (Å²) in [6, 6.07) is 8.12. The Balaban J connectivity index is 2.03. The summed E-state index contributed by atoms with van der Waals surface area (Å²) >= 11 is 0. The van der Waals surface area contributed by atoms with E-state index in [4.69, 9.17) is 5.73 Å². The highest BCUT2D eigenvalue weighted by atomic mass is 16.1. The molecule has 0 bridgehead atoms. The van der Waals surface area contributed by atoms with E-state index in [0.717, 1.165) is 42.7 Å². The summed E-state index contributed by atoms with van der Waals surface area (Å²) in [5.74, 6) is -0.438. The van der Waals surface area contributed by atoms with Gasteiger partial charge in [0, 0.05) is 22.8 Å². The van der Waals surface area contributed by atoms with Gasteiger partial charge in [-0.2, -0.15) is 0 Å². The van der Waals surface area contributed by atoms with Gasteiger partial charge in [-0.1, -0.05) is 0 Å². The largest absolute Gasteiger partial charge is 0.382 e. The number of anilines is 1. The molecule has 21 heavy (non-hydrogen) atoms. The molecule has 1 amide bonds. The summed E-state index contributed by atoms with van der Waals surface area (Å²) in [4.78, 5) is 16.1. The normalized spacial score (nSPS) is 16.0. The molecule has 2 heterocycles. The Bertz CT molecular complexity index is 677. The summed E-state index contributed by atoms with van der Waals surface area (Å²) < 4.78 is 0. The molecule has 1 saturated heterocycles. The number of hydrogen-bond acceptors (Lipinski definition) is 4. The van der Waals surface area contributed by atoms with Gasteiger partial charge in [0.05, 0.1) is 11.1 Å². The standard InChI is InChI=1S/C16H20N4O/c1-10-2-3-12-14(20-11-6-8-18-9-7-11)5-4-13(16(17)21)15(12)19-10/h2-5,11,18,20H,6-9H2,1H3,(H2,17,21). The predicted octanol–water partition coefficient (Wildman–Crippen LogP) is 1.81. The zero-order chi connectivity index (χ0) is 14.8. The predicted molar refractivity (Wildman–Crippen MR) is 84.5 cm³/mol. The number of pyridine rings is 1. The number of carbonyl (C=O) groups excluding carboxylic acids is 1. The van der Waals surface area contributed by atoms with Crippen LogP contribution in [0.4, 0.5) is 5.69 Å². The smallest absolute Gasteiger partial charge is 0.250 e. The van der Waals surface area contributed by atoms with E-state index in [-0.39, 0.29) is 0 Å². The summed E-state index contributed by atoms with van der Waals surface area (Å²) in [5.41, 5.74) is 8.52. The molecule has 4 N–H and O–H groups in total. The molecular formula is C16H20N4O. The molecule has 0 saturated carbocycles. The van der Waals surface area contributed by atoms with Crippen molar-refractivity contribution in [3.05, 3.63) is 35.5 Å². The maximum absolute atomic E-state index is 11.6. The zero-order valence-electron chi connectivity index (χ0n) is 12.1. The average Bonchev–Trinajstić information content (AvgIpc) is 2.48. The summed E-state index contributed by atoms with van der Waals surface area (Å²) in [7, 11) is 0. The van der Waals surface area contributed by atoms with Crippen molar-refractivity contribution in [3.63, 3.8) is 0 Å². The first-order chi connectivity index (χ1) is 10.1. The van der Waals surface area contributed by atoms with Crippen LogP contribution in [0, 0.1) is 6.92 Å². The van der Waals surface area contributed by atoms with Crippen molar-refractivity contribution in [1.82, 2.24) is 10.3 Å². The Morgan fingerprint density at radius 2 is 2.05 bits per heavy atom. The van der Waals surface area contributed by atoms with Gasteiger partial charge in [-0.15, -0.1) is 0 Å². The number of fused-ring (bicyclic) bond motifs is 1. The second-order valence-electron chi connectivity index (χ2n) is 5.54. The number of benzene rings is 1. The number of nitrogens with zero attached hydrogens (tertiary/aromatic N) is 1. The molecule has 1 aromatic carbocycles. The van der Waals surface area contributed by atoms with Gasteiger partial charge in [0.2, 0.25) is 0 Å². The monoisotopic (exact) mass is 284 g/mol. The molecule has 0 radical (unpaired) electrons. The van der Waals surface area contributed by atoms with Gasteiger partial charge < -0.3 is 16.4 Å². The number of hydrogen-bond donors (Lipinski definition) is 3. The SMILES string of the molecule is Cc1ccc2c(NC3CCNCC3)ccc(C(N)=O)c2n1. The van der Waals surface area contributed by atoms with E-state index in [9.17, 15) is 4.79 Å². The molecule has 5 nitrogen and oxygen atoms in total. The summed E-state index contributed by atoms with van der Waals surface area (Å²) in [5, 5.41) is 7.89. The Labute approximate surface area is 123 Å². The van der Waals surface area contributed by atoms with E-state index in [1.807, 2.05) is 25.1 Å². The zero-order valence-corrected chi connectivity index (χ0v) is 12.1. The third kappa shape index (κ3) is 2.83. The lowest BCUT2D eigenvalue weighted by Crippen LogP contribution is -2.35. The molecule has 0 spiro atoms. The molecule has 0 aliphatic carbocycles. The minimum absolute atomic E-state index is 0.438. The topological polar surface area (TPSA) is 80.0 Å². The Morgan fingerprint density at radius 1 is 1.29 bits per heavy atom. The van der Waals surface area contributed by atoms with E-state index in [1.54, 1.807) is 6.07 Å². The van der Waals surface area contributed by atoms with Gasteiger partial charge in [0.15, 0.2) is 0 Å². The third-order valence-electron chi connectivity index (χ3n) is 3.96. The fourth-order valence-corrected chi connectivity index (χ4v) is 2.83. The van der Waals surface area contributed by atoms with Gasteiger partial charge in [-0.3, -0.25) is 9.78 Å². The van der Waals surface area contributed by atoms with Crippen LogP contribution < -0.4 is 16.4 Å². The van der Waals surface area contributed by atoms with Gasteiger partial charge in [0.25, 0.3) is 5.91 Å². The minimum atomic E-state index is -0.438. The first-order valence-electron chi connectivity index (χ1n) is 7.32. The Hall–Kier alpha value is -2.14. The molecule has 0 unspecified atom stereocenters. The number of aromatic nitrogens is 1.